The van der Waals surface area contributed by atoms with Gasteiger partial charge in [-0.2, -0.15) is 5.26 Å². The van der Waals surface area contributed by atoms with Crippen molar-refractivity contribution in [3.05, 3.63) is 29.8 Å². The lowest BCUT2D eigenvalue weighted by molar-refractivity contribution is 0.0148. The Hall–Kier alpha value is -2.02. The van der Waals surface area contributed by atoms with Crippen molar-refractivity contribution < 1.29 is 29.0 Å². The van der Waals surface area contributed by atoms with E-state index in [1.165, 1.54) is 11.0 Å². The van der Waals surface area contributed by atoms with Crippen LogP contribution in [0.1, 0.15) is 39.2 Å². The zero-order valence-electron chi connectivity index (χ0n) is 15.9. The summed E-state index contributed by atoms with van der Waals surface area (Å²) in [6.45, 7) is 5.30. The molecule has 0 aliphatic carbocycles. The van der Waals surface area contributed by atoms with Crippen LogP contribution in [0.3, 0.4) is 0 Å². The van der Waals surface area contributed by atoms with E-state index in [0.717, 1.165) is 12.1 Å². The van der Waals surface area contributed by atoms with Gasteiger partial charge in [-0.3, -0.25) is 0 Å². The van der Waals surface area contributed by atoms with Crippen LogP contribution in [0.15, 0.2) is 29.2 Å². The first-order valence-electron chi connectivity index (χ1n) is 8.66. The Morgan fingerprint density at radius 3 is 2.18 bits per heavy atom. The first-order valence-corrected chi connectivity index (χ1v) is 10.6. The maximum atomic E-state index is 13.4. The minimum absolute atomic E-state index is 0.0669. The smallest absolute Gasteiger partial charge is 0.410 e. The van der Waals surface area contributed by atoms with Gasteiger partial charge in [0.2, 0.25) is 0 Å². The molecule has 0 bridgehead atoms. The van der Waals surface area contributed by atoms with Crippen LogP contribution in [0, 0.1) is 16.7 Å². The summed E-state index contributed by atoms with van der Waals surface area (Å²) in [5.41, 5.74) is -2.58. The van der Waals surface area contributed by atoms with Crippen LogP contribution >= 0.6 is 10.2 Å². The Balaban J connectivity index is 2.22. The van der Waals surface area contributed by atoms with Crippen LogP contribution in [0.2, 0.25) is 0 Å². The number of nitrogens with zero attached hydrogens (tertiary/aromatic N) is 2. The second-order valence-electron chi connectivity index (χ2n) is 8.11. The predicted octanol–water partition coefficient (Wildman–Crippen LogP) is 6.43. The Kier molecular flexibility index (Phi) is 4.96. The van der Waals surface area contributed by atoms with Crippen molar-refractivity contribution in [2.75, 3.05) is 13.1 Å². The topological polar surface area (TPSA) is 53.3 Å². The van der Waals surface area contributed by atoms with Gasteiger partial charge in [-0.25, -0.2) is 4.79 Å². The molecule has 1 aromatic carbocycles. The van der Waals surface area contributed by atoms with Gasteiger partial charge >= 0.3 is 16.3 Å². The van der Waals surface area contributed by atoms with E-state index in [4.69, 9.17) is 4.74 Å². The number of halogens is 5. The van der Waals surface area contributed by atoms with Crippen LogP contribution < -0.4 is 0 Å². The number of ether oxygens (including phenoxy) is 1. The first-order chi connectivity index (χ1) is 12.4. The van der Waals surface area contributed by atoms with Gasteiger partial charge < -0.3 is 9.64 Å². The summed E-state index contributed by atoms with van der Waals surface area (Å²) in [5, 5.41) is 9.59. The van der Waals surface area contributed by atoms with Crippen molar-refractivity contribution in [2.24, 2.45) is 5.41 Å². The van der Waals surface area contributed by atoms with Crippen molar-refractivity contribution in [3.8, 4) is 6.07 Å². The highest BCUT2D eigenvalue weighted by Crippen LogP contribution is 3.02. The minimum Gasteiger partial charge on any atom is -0.444 e. The average molecular weight is 426 g/mol. The quantitative estimate of drug-likeness (QED) is 0.524. The number of hydrogen-bond donors (Lipinski definition) is 0. The molecule has 1 saturated heterocycles. The molecule has 2 rings (SSSR count). The molecular formula is C18H23F5N2O2S. The molecule has 1 aliphatic heterocycles. The van der Waals surface area contributed by atoms with E-state index in [0.29, 0.717) is 6.07 Å². The van der Waals surface area contributed by atoms with E-state index in [9.17, 15) is 29.5 Å². The van der Waals surface area contributed by atoms with Crippen molar-refractivity contribution in [2.45, 2.75) is 50.5 Å². The third kappa shape index (κ3) is 5.50. The number of carbonyl (C=O) groups excluding carboxylic acids is 1. The molecule has 0 radical (unpaired) electrons. The van der Waals surface area contributed by atoms with Gasteiger partial charge in [0.1, 0.15) is 10.5 Å². The molecule has 1 aliphatic rings. The molecule has 0 aromatic heterocycles. The number of rotatable bonds is 3. The van der Waals surface area contributed by atoms with E-state index in [-0.39, 0.29) is 25.9 Å². The molecule has 10 heteroatoms. The Labute approximate surface area is 161 Å². The predicted molar refractivity (Wildman–Crippen MR) is 96.6 cm³/mol. The molecule has 1 heterocycles. The highest BCUT2D eigenvalue weighted by atomic mass is 32.5. The fourth-order valence-corrected chi connectivity index (χ4v) is 4.13. The molecule has 0 unspecified atom stereocenters. The SMILES string of the molecule is CC(C)(C)OC(=O)N1CCC(C#N)(Cc2ccccc2S(F)(F)(F)(F)F)CC1. The summed E-state index contributed by atoms with van der Waals surface area (Å²) in [6.07, 6.45) is -0.908. The molecule has 1 amide bonds. The van der Waals surface area contributed by atoms with Crippen molar-refractivity contribution in [1.29, 1.82) is 5.26 Å². The van der Waals surface area contributed by atoms with Gasteiger partial charge in [-0.15, -0.1) is 0 Å². The lowest BCUT2D eigenvalue weighted by atomic mass is 9.75. The summed E-state index contributed by atoms with van der Waals surface area (Å²) in [4.78, 5) is 11.5. The molecular weight excluding hydrogens is 403 g/mol. The third-order valence-corrected chi connectivity index (χ3v) is 5.76. The number of likely N-dealkylation sites (tertiary alicyclic amines) is 1. The molecule has 28 heavy (non-hydrogen) atoms. The standard InChI is InChI=1S/C18H23F5N2O2S/c1-17(2,3)27-16(26)25-10-8-18(13-24,9-11-25)12-14-6-4-5-7-15(14)28(19,20,21,22)23/h4-7H,8-12H2,1-3H3. The fraction of sp³-hybridized carbons (Fsp3) is 0.556. The zero-order chi connectivity index (χ0) is 21.5. The third-order valence-electron chi connectivity index (χ3n) is 4.53. The van der Waals surface area contributed by atoms with Gasteiger partial charge in [-0.1, -0.05) is 37.6 Å². The second kappa shape index (κ2) is 6.24. The number of amides is 1. The molecule has 0 atom stereocenters. The van der Waals surface area contributed by atoms with Gasteiger partial charge in [-0.05, 0) is 51.7 Å². The van der Waals surface area contributed by atoms with Crippen molar-refractivity contribution >= 4 is 16.3 Å². The number of nitriles is 1. The Morgan fingerprint density at radius 2 is 1.71 bits per heavy atom. The zero-order valence-corrected chi connectivity index (χ0v) is 16.7. The van der Waals surface area contributed by atoms with Gasteiger partial charge in [0.25, 0.3) is 0 Å². The number of hydrogen-bond acceptors (Lipinski definition) is 3. The van der Waals surface area contributed by atoms with Crippen LogP contribution in [-0.2, 0) is 11.2 Å². The summed E-state index contributed by atoms with van der Waals surface area (Å²) < 4.78 is 72.1. The molecule has 1 fully saturated rings. The summed E-state index contributed by atoms with van der Waals surface area (Å²) in [6, 6.07) is 5.48. The molecule has 158 valence electrons. The van der Waals surface area contributed by atoms with Crippen LogP contribution in [-0.4, -0.2) is 29.7 Å². The lowest BCUT2D eigenvalue weighted by Crippen LogP contribution is -2.45. The van der Waals surface area contributed by atoms with E-state index in [1.807, 2.05) is 6.07 Å². The Morgan fingerprint density at radius 1 is 1.18 bits per heavy atom. The van der Waals surface area contributed by atoms with Gasteiger partial charge in [0.05, 0.1) is 11.5 Å². The molecule has 1 aromatic rings. The number of carbonyl (C=O) groups is 1. The molecule has 0 spiro atoms. The van der Waals surface area contributed by atoms with Crippen LogP contribution in [0.25, 0.3) is 0 Å². The largest absolute Gasteiger partial charge is 0.444 e. The number of benzene rings is 1. The first kappa shape index (κ1) is 22.3. The summed E-state index contributed by atoms with van der Waals surface area (Å²) in [7, 11) is -9.88. The van der Waals surface area contributed by atoms with Gasteiger partial charge in [0.15, 0.2) is 0 Å². The highest BCUT2D eigenvalue weighted by molar-refractivity contribution is 8.45. The minimum atomic E-state index is -9.88. The van der Waals surface area contributed by atoms with Crippen molar-refractivity contribution in [3.63, 3.8) is 0 Å². The normalized spacial score (nSPS) is 19.9. The maximum Gasteiger partial charge on any atom is 0.410 e. The average Bonchev–Trinajstić information content (AvgIpc) is 2.52. The van der Waals surface area contributed by atoms with E-state index in [1.54, 1.807) is 20.8 Å². The monoisotopic (exact) mass is 426 g/mol. The van der Waals surface area contributed by atoms with Crippen LogP contribution in [0.4, 0.5) is 24.2 Å². The molecule has 0 saturated carbocycles. The summed E-state index contributed by atoms with van der Waals surface area (Å²) >= 11 is 0. The molecule has 4 nitrogen and oxygen atoms in total. The maximum absolute atomic E-state index is 13.4. The van der Waals surface area contributed by atoms with Gasteiger partial charge in [0, 0.05) is 13.1 Å². The number of piperidine rings is 1. The van der Waals surface area contributed by atoms with E-state index >= 15 is 0 Å². The van der Waals surface area contributed by atoms with E-state index in [2.05, 4.69) is 0 Å². The van der Waals surface area contributed by atoms with Crippen LogP contribution in [0.5, 0.6) is 0 Å². The second-order valence-corrected chi connectivity index (χ2v) is 10.5. The lowest BCUT2D eigenvalue weighted by Gasteiger charge is -2.43. The molecule has 0 N–H and O–H groups in total. The van der Waals surface area contributed by atoms with Crippen molar-refractivity contribution in [1.82, 2.24) is 4.90 Å². The highest BCUT2D eigenvalue weighted by Gasteiger charge is 2.66. The van der Waals surface area contributed by atoms with E-state index < -0.39 is 44.2 Å². The fourth-order valence-electron chi connectivity index (χ4n) is 3.16. The Bertz CT molecular complexity index is 804. The summed E-state index contributed by atoms with van der Waals surface area (Å²) in [5.74, 6) is 0.